The number of nitrogens with one attached hydrogen (secondary N) is 1. The maximum Gasteiger partial charge on any atom is 0.227 e. The van der Waals surface area contributed by atoms with Crippen LogP contribution in [-0.2, 0) is 11.2 Å². The minimum atomic E-state index is -0.161. The number of pyridine rings is 1. The third kappa shape index (κ3) is 4.41. The monoisotopic (exact) mass is 368 g/mol. The zero-order valence-corrected chi connectivity index (χ0v) is 15.4. The first-order valence-corrected chi connectivity index (χ1v) is 8.36. The van der Waals surface area contributed by atoms with Crippen molar-refractivity contribution < 1.29 is 18.8 Å². The Morgan fingerprint density at radius 1 is 1.22 bits per heavy atom. The van der Waals surface area contributed by atoms with E-state index in [1.165, 1.54) is 0 Å². The molecule has 1 aromatic carbocycles. The van der Waals surface area contributed by atoms with Crippen molar-refractivity contribution in [2.75, 3.05) is 19.5 Å². The van der Waals surface area contributed by atoms with Gasteiger partial charge in [0.2, 0.25) is 17.6 Å². The first kappa shape index (κ1) is 18.4. The second kappa shape index (κ2) is 8.31. The Labute approximate surface area is 156 Å². The molecule has 8 nitrogen and oxygen atoms in total. The Morgan fingerprint density at radius 3 is 2.70 bits per heavy atom. The Morgan fingerprint density at radius 2 is 2.00 bits per heavy atom. The summed E-state index contributed by atoms with van der Waals surface area (Å²) in [6, 6.07) is 7.18. The molecule has 140 valence electrons. The molecule has 0 aliphatic rings. The van der Waals surface area contributed by atoms with E-state index in [0.717, 1.165) is 11.1 Å². The second-order valence-corrected chi connectivity index (χ2v) is 5.82. The summed E-state index contributed by atoms with van der Waals surface area (Å²) in [6.07, 6.45) is 3.88. The van der Waals surface area contributed by atoms with Gasteiger partial charge in [0, 0.05) is 42.6 Å². The van der Waals surface area contributed by atoms with Gasteiger partial charge in [-0.1, -0.05) is 5.16 Å². The predicted octanol–water partition coefficient (Wildman–Crippen LogP) is 3.03. The fraction of sp³-hybridized carbons (Fsp3) is 0.263. The number of ether oxygens (including phenoxy) is 2. The van der Waals surface area contributed by atoms with Crippen molar-refractivity contribution in [2.24, 2.45) is 0 Å². The van der Waals surface area contributed by atoms with Crippen molar-refractivity contribution in [3.63, 3.8) is 0 Å². The molecule has 27 heavy (non-hydrogen) atoms. The summed E-state index contributed by atoms with van der Waals surface area (Å²) in [7, 11) is 3.12. The van der Waals surface area contributed by atoms with E-state index in [1.807, 2.05) is 19.1 Å². The average Bonchev–Trinajstić information content (AvgIpc) is 3.17. The van der Waals surface area contributed by atoms with E-state index in [-0.39, 0.29) is 12.3 Å². The molecular weight excluding hydrogens is 348 g/mol. The summed E-state index contributed by atoms with van der Waals surface area (Å²) in [5.74, 6) is 1.85. The summed E-state index contributed by atoms with van der Waals surface area (Å²) in [5, 5.41) is 6.79. The average molecular weight is 368 g/mol. The Kier molecular flexibility index (Phi) is 5.65. The van der Waals surface area contributed by atoms with Crippen molar-refractivity contribution in [1.82, 2.24) is 15.1 Å². The molecule has 1 N–H and O–H groups in total. The number of aryl methyl sites for hydroxylation is 2. The largest absolute Gasteiger partial charge is 0.493 e. The van der Waals surface area contributed by atoms with Crippen molar-refractivity contribution in [3.05, 3.63) is 48.1 Å². The zero-order chi connectivity index (χ0) is 19.2. The fourth-order valence-electron chi connectivity index (χ4n) is 2.52. The van der Waals surface area contributed by atoms with Gasteiger partial charge in [-0.3, -0.25) is 9.78 Å². The summed E-state index contributed by atoms with van der Waals surface area (Å²) < 4.78 is 15.7. The van der Waals surface area contributed by atoms with Crippen molar-refractivity contribution in [3.8, 4) is 22.9 Å². The Bertz CT molecular complexity index is 925. The third-order valence-electron chi connectivity index (χ3n) is 3.96. The molecule has 1 amide bonds. The van der Waals surface area contributed by atoms with Crippen LogP contribution in [-0.4, -0.2) is 35.3 Å². The number of rotatable bonds is 7. The molecule has 0 atom stereocenters. The number of nitrogens with zero attached hydrogens (tertiary/aromatic N) is 3. The minimum Gasteiger partial charge on any atom is -0.493 e. The number of hydrogen-bond acceptors (Lipinski definition) is 7. The molecule has 3 aromatic rings. The molecule has 0 unspecified atom stereocenters. The van der Waals surface area contributed by atoms with Crippen LogP contribution in [0.2, 0.25) is 0 Å². The highest BCUT2D eigenvalue weighted by Crippen LogP contribution is 2.32. The molecule has 3 rings (SSSR count). The highest BCUT2D eigenvalue weighted by Gasteiger charge is 2.13. The van der Waals surface area contributed by atoms with E-state index in [2.05, 4.69) is 20.4 Å². The van der Waals surface area contributed by atoms with E-state index in [1.54, 1.807) is 38.7 Å². The van der Waals surface area contributed by atoms with Gasteiger partial charge < -0.3 is 19.3 Å². The second-order valence-electron chi connectivity index (χ2n) is 5.82. The van der Waals surface area contributed by atoms with Crippen LogP contribution in [0.15, 0.2) is 41.2 Å². The molecule has 0 radical (unpaired) electrons. The molecule has 0 spiro atoms. The summed E-state index contributed by atoms with van der Waals surface area (Å²) in [4.78, 5) is 20.6. The lowest BCUT2D eigenvalue weighted by atomic mass is 10.1. The van der Waals surface area contributed by atoms with E-state index in [4.69, 9.17) is 14.0 Å². The smallest absolute Gasteiger partial charge is 0.227 e. The van der Waals surface area contributed by atoms with Gasteiger partial charge in [0.05, 0.1) is 14.2 Å². The van der Waals surface area contributed by atoms with E-state index in [9.17, 15) is 4.79 Å². The van der Waals surface area contributed by atoms with Gasteiger partial charge in [0.25, 0.3) is 0 Å². The Balaban J connectivity index is 1.61. The number of hydrogen-bond donors (Lipinski definition) is 1. The molecular formula is C19H20N4O4. The third-order valence-corrected chi connectivity index (χ3v) is 3.96. The topological polar surface area (TPSA) is 99.4 Å². The van der Waals surface area contributed by atoms with Crippen molar-refractivity contribution in [1.29, 1.82) is 0 Å². The van der Waals surface area contributed by atoms with Crippen LogP contribution in [0.5, 0.6) is 11.5 Å². The van der Waals surface area contributed by atoms with Gasteiger partial charge in [0.15, 0.2) is 11.5 Å². The summed E-state index contributed by atoms with van der Waals surface area (Å²) >= 11 is 0. The molecule has 0 fully saturated rings. The summed E-state index contributed by atoms with van der Waals surface area (Å²) in [5.41, 5.74) is 2.30. The summed E-state index contributed by atoms with van der Waals surface area (Å²) in [6.45, 7) is 1.88. The number of aromatic nitrogens is 3. The van der Waals surface area contributed by atoms with Crippen molar-refractivity contribution >= 4 is 11.6 Å². The standard InChI is InChI=1S/C19H20N4O4/c1-12-9-15(25-2)16(26-3)10-14(12)21-17(24)6-7-18-22-19(23-27-18)13-5-4-8-20-11-13/h4-5,8-11H,6-7H2,1-3H3,(H,21,24). The number of carbonyl (C=O) groups excluding carboxylic acids is 1. The van der Waals surface area contributed by atoms with E-state index in [0.29, 0.717) is 35.3 Å². The Hall–Kier alpha value is -3.42. The van der Waals surface area contributed by atoms with Gasteiger partial charge in [-0.25, -0.2) is 0 Å². The number of methoxy groups -OCH3 is 2. The number of anilines is 1. The zero-order valence-electron chi connectivity index (χ0n) is 15.4. The molecule has 2 heterocycles. The molecule has 8 heteroatoms. The maximum absolute atomic E-state index is 12.3. The highest BCUT2D eigenvalue weighted by molar-refractivity contribution is 5.92. The first-order valence-electron chi connectivity index (χ1n) is 8.36. The van der Waals surface area contributed by atoms with Gasteiger partial charge in [-0.05, 0) is 30.7 Å². The molecule has 0 bridgehead atoms. The minimum absolute atomic E-state index is 0.161. The van der Waals surface area contributed by atoms with Crippen LogP contribution in [0, 0.1) is 6.92 Å². The lowest BCUT2D eigenvalue weighted by molar-refractivity contribution is -0.116. The van der Waals surface area contributed by atoms with Crippen LogP contribution in [0.4, 0.5) is 5.69 Å². The van der Waals surface area contributed by atoms with Crippen molar-refractivity contribution in [2.45, 2.75) is 19.8 Å². The van der Waals surface area contributed by atoms with Gasteiger partial charge in [-0.2, -0.15) is 4.98 Å². The maximum atomic E-state index is 12.3. The highest BCUT2D eigenvalue weighted by atomic mass is 16.5. The quantitative estimate of drug-likeness (QED) is 0.684. The normalized spacial score (nSPS) is 10.5. The van der Waals surface area contributed by atoms with E-state index < -0.39 is 0 Å². The molecule has 0 aliphatic heterocycles. The van der Waals surface area contributed by atoms with E-state index >= 15 is 0 Å². The molecule has 0 saturated carbocycles. The number of carbonyl (C=O) groups is 1. The first-order chi connectivity index (χ1) is 13.1. The van der Waals surface area contributed by atoms with Crippen LogP contribution >= 0.6 is 0 Å². The van der Waals surface area contributed by atoms with Gasteiger partial charge in [0.1, 0.15) is 0 Å². The van der Waals surface area contributed by atoms with Gasteiger partial charge in [-0.15, -0.1) is 0 Å². The lowest BCUT2D eigenvalue weighted by Gasteiger charge is -2.13. The molecule has 0 saturated heterocycles. The van der Waals surface area contributed by atoms with Gasteiger partial charge >= 0.3 is 0 Å². The molecule has 0 aliphatic carbocycles. The van der Waals surface area contributed by atoms with Crippen LogP contribution in [0.25, 0.3) is 11.4 Å². The number of amides is 1. The SMILES string of the molecule is COc1cc(C)c(NC(=O)CCc2nc(-c3cccnc3)no2)cc1OC. The fourth-order valence-corrected chi connectivity index (χ4v) is 2.52. The predicted molar refractivity (Wildman–Crippen MR) is 98.8 cm³/mol. The number of benzene rings is 1. The van der Waals surface area contributed by atoms with Crippen LogP contribution < -0.4 is 14.8 Å². The molecule has 2 aromatic heterocycles. The lowest BCUT2D eigenvalue weighted by Crippen LogP contribution is -2.13. The van der Waals surface area contributed by atoms with Crippen LogP contribution in [0.3, 0.4) is 0 Å². The van der Waals surface area contributed by atoms with Crippen LogP contribution in [0.1, 0.15) is 17.9 Å².